The monoisotopic (exact) mass is 248 g/mol. The Labute approximate surface area is 110 Å². The topological polar surface area (TPSA) is 55.1 Å². The van der Waals surface area contributed by atoms with E-state index in [1.807, 2.05) is 19.1 Å². The number of rotatable bonds is 6. The van der Waals surface area contributed by atoms with Gasteiger partial charge in [0.2, 0.25) is 0 Å². The van der Waals surface area contributed by atoms with E-state index in [1.54, 1.807) is 6.07 Å². The zero-order chi connectivity index (χ0) is 13.5. The molecule has 1 rings (SSSR count). The SMILES string of the molecule is Cc1cccc(C(=O)NCCCCC(C)C)c1N. The molecule has 0 radical (unpaired) electrons. The van der Waals surface area contributed by atoms with Crippen LogP contribution in [0.25, 0.3) is 0 Å². The second-order valence-corrected chi connectivity index (χ2v) is 5.18. The third-order valence-corrected chi connectivity index (χ3v) is 3.06. The Morgan fingerprint density at radius 3 is 2.72 bits per heavy atom. The Hall–Kier alpha value is -1.51. The molecule has 18 heavy (non-hydrogen) atoms. The fourth-order valence-corrected chi connectivity index (χ4v) is 1.85. The fourth-order valence-electron chi connectivity index (χ4n) is 1.85. The number of unbranched alkanes of at least 4 members (excludes halogenated alkanes) is 1. The maximum Gasteiger partial charge on any atom is 0.253 e. The molecule has 0 aliphatic rings. The van der Waals surface area contributed by atoms with Crippen LogP contribution in [-0.4, -0.2) is 12.5 Å². The lowest BCUT2D eigenvalue weighted by atomic mass is 10.1. The summed E-state index contributed by atoms with van der Waals surface area (Å²) in [5.41, 5.74) is 8.00. The van der Waals surface area contributed by atoms with Crippen LogP contribution in [0.5, 0.6) is 0 Å². The molecule has 3 heteroatoms. The number of nitrogens with two attached hydrogens (primary N) is 1. The van der Waals surface area contributed by atoms with Crippen LogP contribution in [0, 0.1) is 12.8 Å². The number of nitrogen functional groups attached to an aromatic ring is 1. The Morgan fingerprint density at radius 2 is 2.06 bits per heavy atom. The molecule has 0 fully saturated rings. The molecule has 3 nitrogen and oxygen atoms in total. The van der Waals surface area contributed by atoms with Crippen LogP contribution >= 0.6 is 0 Å². The molecule has 0 aliphatic heterocycles. The third kappa shape index (κ3) is 4.40. The number of carbonyl (C=O) groups is 1. The van der Waals surface area contributed by atoms with Crippen molar-refractivity contribution in [3.8, 4) is 0 Å². The van der Waals surface area contributed by atoms with Crippen molar-refractivity contribution in [1.29, 1.82) is 0 Å². The van der Waals surface area contributed by atoms with Gasteiger partial charge in [-0.15, -0.1) is 0 Å². The predicted octanol–water partition coefficient (Wildman–Crippen LogP) is 3.13. The van der Waals surface area contributed by atoms with Gasteiger partial charge in [-0.05, 0) is 30.9 Å². The van der Waals surface area contributed by atoms with Crippen molar-refractivity contribution in [2.75, 3.05) is 12.3 Å². The number of aryl methyl sites for hydroxylation is 1. The summed E-state index contributed by atoms with van der Waals surface area (Å²) in [5, 5.41) is 2.92. The quantitative estimate of drug-likeness (QED) is 0.600. The lowest BCUT2D eigenvalue weighted by Crippen LogP contribution is -2.25. The van der Waals surface area contributed by atoms with Crippen LogP contribution in [0.1, 0.15) is 49.0 Å². The second kappa shape index (κ2) is 7.04. The van der Waals surface area contributed by atoms with E-state index in [0.29, 0.717) is 11.3 Å². The van der Waals surface area contributed by atoms with Gasteiger partial charge in [-0.3, -0.25) is 4.79 Å². The molecule has 0 saturated heterocycles. The number of benzene rings is 1. The lowest BCUT2D eigenvalue weighted by Gasteiger charge is -2.09. The molecule has 0 heterocycles. The van der Waals surface area contributed by atoms with E-state index in [0.717, 1.165) is 30.9 Å². The summed E-state index contributed by atoms with van der Waals surface area (Å²) in [6.07, 6.45) is 3.39. The number of hydrogen-bond acceptors (Lipinski definition) is 2. The number of amides is 1. The first-order chi connectivity index (χ1) is 8.52. The summed E-state index contributed by atoms with van der Waals surface area (Å²) in [4.78, 5) is 11.9. The number of anilines is 1. The van der Waals surface area contributed by atoms with Crippen LogP contribution in [0.15, 0.2) is 18.2 Å². The molecular formula is C15H24N2O. The number of para-hydroxylation sites is 1. The Morgan fingerprint density at radius 1 is 1.33 bits per heavy atom. The minimum atomic E-state index is -0.0688. The maximum atomic E-state index is 11.9. The second-order valence-electron chi connectivity index (χ2n) is 5.18. The van der Waals surface area contributed by atoms with E-state index in [4.69, 9.17) is 5.73 Å². The zero-order valence-corrected chi connectivity index (χ0v) is 11.6. The minimum absolute atomic E-state index is 0.0688. The van der Waals surface area contributed by atoms with E-state index in [1.165, 1.54) is 6.42 Å². The van der Waals surface area contributed by atoms with Gasteiger partial charge in [0.1, 0.15) is 0 Å². The molecule has 0 saturated carbocycles. The minimum Gasteiger partial charge on any atom is -0.398 e. The van der Waals surface area contributed by atoms with Crippen molar-refractivity contribution in [1.82, 2.24) is 5.32 Å². The van der Waals surface area contributed by atoms with E-state index in [9.17, 15) is 4.79 Å². The van der Waals surface area contributed by atoms with Gasteiger partial charge in [0.25, 0.3) is 5.91 Å². The van der Waals surface area contributed by atoms with Crippen molar-refractivity contribution in [2.24, 2.45) is 5.92 Å². The summed E-state index contributed by atoms with van der Waals surface area (Å²) in [5.74, 6) is 0.661. The molecule has 1 aromatic rings. The van der Waals surface area contributed by atoms with E-state index >= 15 is 0 Å². The molecule has 0 aromatic heterocycles. The van der Waals surface area contributed by atoms with Crippen LogP contribution < -0.4 is 11.1 Å². The highest BCUT2D eigenvalue weighted by atomic mass is 16.1. The van der Waals surface area contributed by atoms with Gasteiger partial charge >= 0.3 is 0 Å². The van der Waals surface area contributed by atoms with Gasteiger partial charge in [0, 0.05) is 12.2 Å². The first kappa shape index (κ1) is 14.6. The number of carbonyl (C=O) groups excluding carboxylic acids is 1. The molecule has 0 unspecified atom stereocenters. The highest BCUT2D eigenvalue weighted by Gasteiger charge is 2.09. The average molecular weight is 248 g/mol. The molecule has 1 amide bonds. The summed E-state index contributed by atoms with van der Waals surface area (Å²) in [6, 6.07) is 5.54. The summed E-state index contributed by atoms with van der Waals surface area (Å²) >= 11 is 0. The molecule has 0 atom stereocenters. The zero-order valence-electron chi connectivity index (χ0n) is 11.6. The third-order valence-electron chi connectivity index (χ3n) is 3.06. The van der Waals surface area contributed by atoms with Crippen molar-refractivity contribution < 1.29 is 4.79 Å². The fraction of sp³-hybridized carbons (Fsp3) is 0.533. The first-order valence-corrected chi connectivity index (χ1v) is 6.65. The molecular weight excluding hydrogens is 224 g/mol. The van der Waals surface area contributed by atoms with E-state index < -0.39 is 0 Å². The maximum absolute atomic E-state index is 11.9. The van der Waals surface area contributed by atoms with Crippen molar-refractivity contribution in [2.45, 2.75) is 40.0 Å². The van der Waals surface area contributed by atoms with Gasteiger partial charge in [-0.25, -0.2) is 0 Å². The summed E-state index contributed by atoms with van der Waals surface area (Å²) in [7, 11) is 0. The van der Waals surface area contributed by atoms with Gasteiger partial charge in [0.05, 0.1) is 5.56 Å². The van der Waals surface area contributed by atoms with Crippen LogP contribution in [0.4, 0.5) is 5.69 Å². The van der Waals surface area contributed by atoms with Gasteiger partial charge < -0.3 is 11.1 Å². The summed E-state index contributed by atoms with van der Waals surface area (Å²) in [6.45, 7) is 7.06. The highest BCUT2D eigenvalue weighted by Crippen LogP contribution is 2.16. The Bertz CT molecular complexity index is 399. The Kier molecular flexibility index (Phi) is 5.69. The number of hydrogen-bond donors (Lipinski definition) is 2. The van der Waals surface area contributed by atoms with Gasteiger partial charge in [0.15, 0.2) is 0 Å². The molecule has 0 aliphatic carbocycles. The molecule has 0 spiro atoms. The number of nitrogens with one attached hydrogen (secondary N) is 1. The highest BCUT2D eigenvalue weighted by molar-refractivity contribution is 5.99. The standard InChI is InChI=1S/C15H24N2O/c1-11(2)7-4-5-10-17-15(18)13-9-6-8-12(3)14(13)16/h6,8-9,11H,4-5,7,10,16H2,1-3H3,(H,17,18). The largest absolute Gasteiger partial charge is 0.398 e. The molecule has 1 aromatic carbocycles. The summed E-state index contributed by atoms with van der Waals surface area (Å²) < 4.78 is 0. The molecule has 100 valence electrons. The Balaban J connectivity index is 2.39. The average Bonchev–Trinajstić information content (AvgIpc) is 2.31. The van der Waals surface area contributed by atoms with E-state index in [2.05, 4.69) is 19.2 Å². The van der Waals surface area contributed by atoms with Crippen molar-refractivity contribution in [3.63, 3.8) is 0 Å². The van der Waals surface area contributed by atoms with E-state index in [-0.39, 0.29) is 5.91 Å². The van der Waals surface area contributed by atoms with Crippen LogP contribution in [0.2, 0.25) is 0 Å². The van der Waals surface area contributed by atoms with Crippen LogP contribution in [-0.2, 0) is 0 Å². The lowest BCUT2D eigenvalue weighted by molar-refractivity contribution is 0.0953. The van der Waals surface area contributed by atoms with Gasteiger partial charge in [-0.1, -0.05) is 38.8 Å². The smallest absolute Gasteiger partial charge is 0.253 e. The van der Waals surface area contributed by atoms with Gasteiger partial charge in [-0.2, -0.15) is 0 Å². The predicted molar refractivity (Wildman–Crippen MR) is 76.6 cm³/mol. The first-order valence-electron chi connectivity index (χ1n) is 6.65. The molecule has 0 bridgehead atoms. The van der Waals surface area contributed by atoms with Crippen LogP contribution in [0.3, 0.4) is 0 Å². The van der Waals surface area contributed by atoms with Crippen molar-refractivity contribution in [3.05, 3.63) is 29.3 Å². The normalized spacial score (nSPS) is 10.7. The molecule has 3 N–H and O–H groups in total. The van der Waals surface area contributed by atoms with Crippen molar-refractivity contribution >= 4 is 11.6 Å².